The third kappa shape index (κ3) is 8.32. The number of hydrogen-bond donors (Lipinski definition) is 0. The van der Waals surface area contributed by atoms with Crippen LogP contribution in [0.5, 0.6) is 0 Å². The molecule has 0 aromatic heterocycles. The van der Waals surface area contributed by atoms with Crippen LogP contribution < -0.4 is 0 Å². The normalized spacial score (nSPS) is 17.0. The zero-order valence-electron chi connectivity index (χ0n) is 6.06. The van der Waals surface area contributed by atoms with Crippen LogP contribution in [0.15, 0.2) is 0 Å². The fourth-order valence-corrected chi connectivity index (χ4v) is 1.04. The summed E-state index contributed by atoms with van der Waals surface area (Å²) in [5.74, 6) is 0. The molecule has 1 aliphatic heterocycles. The Morgan fingerprint density at radius 3 is 2.09 bits per heavy atom. The van der Waals surface area contributed by atoms with Crippen LogP contribution in [0, 0.1) is 0 Å². The first-order chi connectivity index (χ1) is 5.35. The Kier molecular flexibility index (Phi) is 11.9. The van der Waals surface area contributed by atoms with Crippen molar-refractivity contribution in [1.82, 2.24) is 0 Å². The molecule has 0 aromatic rings. The van der Waals surface area contributed by atoms with Gasteiger partial charge in [-0.1, -0.05) is 15.9 Å². The zero-order valence-corrected chi connectivity index (χ0v) is 13.8. The molecule has 0 aromatic carbocycles. The number of ether oxygens (including phenoxy) is 2. The first-order valence-corrected chi connectivity index (χ1v) is 18.3. The molecule has 0 N–H and O–H groups in total. The van der Waals surface area contributed by atoms with Gasteiger partial charge in [0.1, 0.15) is 0 Å². The molecule has 1 saturated heterocycles. The van der Waals surface area contributed by atoms with Gasteiger partial charge in [-0.2, -0.15) is 0 Å². The molecule has 0 amide bonds. The molecule has 0 radical (unpaired) electrons. The van der Waals surface area contributed by atoms with Gasteiger partial charge >= 0.3 is 40.5 Å². The van der Waals surface area contributed by atoms with Crippen molar-refractivity contribution in [2.45, 2.75) is 12.7 Å². The van der Waals surface area contributed by atoms with Crippen molar-refractivity contribution in [1.29, 1.82) is 0 Å². The standard InChI is InChI=1S/C5H9BrO2.2BrH.Zn/c6-2-1-5-7-3-4-8-5;;;/h5H,1-4H2;2*1H;/q;;;+2/p-2. The quantitative estimate of drug-likeness (QED) is 0.519. The van der Waals surface area contributed by atoms with Crippen molar-refractivity contribution >= 4 is 43.2 Å². The second-order valence-corrected chi connectivity index (χ2v) is 16.6. The summed E-state index contributed by atoms with van der Waals surface area (Å²) in [4.78, 5) is 0. The average molecular weight is 406 g/mol. The average Bonchev–Trinajstić information content (AvgIpc) is 2.42. The Balaban J connectivity index is 0.000000292. The molecule has 2 nitrogen and oxygen atoms in total. The van der Waals surface area contributed by atoms with E-state index < -0.39 is 0 Å². The van der Waals surface area contributed by atoms with Gasteiger partial charge in [0.2, 0.25) is 0 Å². The molecule has 1 rings (SSSR count). The van der Waals surface area contributed by atoms with E-state index in [1.165, 1.54) is 0 Å². The van der Waals surface area contributed by atoms with Gasteiger partial charge in [-0.05, 0) is 0 Å². The van der Waals surface area contributed by atoms with Gasteiger partial charge in [-0.3, -0.25) is 0 Å². The van der Waals surface area contributed by atoms with Crippen molar-refractivity contribution < 1.29 is 22.7 Å². The Labute approximate surface area is 96.2 Å². The van der Waals surface area contributed by atoms with Gasteiger partial charge in [-0.25, -0.2) is 0 Å². The van der Waals surface area contributed by atoms with Crippen molar-refractivity contribution in [2.24, 2.45) is 0 Å². The van der Waals surface area contributed by atoms with Crippen LogP contribution in [0.4, 0.5) is 0 Å². The molecule has 1 heterocycles. The van der Waals surface area contributed by atoms with Crippen molar-refractivity contribution in [3.8, 4) is 0 Å². The minimum absolute atomic E-state index is 0.0642. The third-order valence-corrected chi connectivity index (χ3v) is 1.49. The van der Waals surface area contributed by atoms with E-state index in [2.05, 4.69) is 43.2 Å². The Hall–Kier alpha value is 1.98. The van der Waals surface area contributed by atoms with E-state index in [9.17, 15) is 0 Å². The van der Waals surface area contributed by atoms with Crippen LogP contribution in [0.3, 0.4) is 0 Å². The van der Waals surface area contributed by atoms with Gasteiger partial charge in [0.05, 0.1) is 13.2 Å². The Morgan fingerprint density at radius 2 is 1.73 bits per heavy atom. The summed E-state index contributed by atoms with van der Waals surface area (Å²) in [6.45, 7) is 1.52. The summed E-state index contributed by atoms with van der Waals surface area (Å²) in [7, 11) is 0. The van der Waals surface area contributed by atoms with Gasteiger partial charge < -0.3 is 9.47 Å². The van der Waals surface area contributed by atoms with Crippen molar-refractivity contribution in [2.75, 3.05) is 18.5 Å². The number of rotatable bonds is 2. The summed E-state index contributed by atoms with van der Waals surface area (Å²) >= 11 is 9.55. The Morgan fingerprint density at radius 1 is 1.27 bits per heavy atom. The van der Waals surface area contributed by atoms with E-state index in [0.29, 0.717) is 0 Å². The molecule has 1 fully saturated rings. The van der Waals surface area contributed by atoms with E-state index in [1.807, 2.05) is 0 Å². The van der Waals surface area contributed by atoms with Crippen LogP contribution in [-0.4, -0.2) is 24.8 Å². The van der Waals surface area contributed by atoms with Crippen LogP contribution in [0.2, 0.25) is 0 Å². The van der Waals surface area contributed by atoms with E-state index >= 15 is 0 Å². The molecule has 0 spiro atoms. The Bertz CT molecular complexity index is 80.1. The molecule has 11 heavy (non-hydrogen) atoms. The molecule has 0 saturated carbocycles. The first kappa shape index (κ1) is 13.0. The maximum atomic E-state index is 5.14. The zero-order chi connectivity index (χ0) is 8.53. The second-order valence-electron chi connectivity index (χ2n) is 1.75. The molecule has 0 atom stereocenters. The fraction of sp³-hybridized carbons (Fsp3) is 1.00. The van der Waals surface area contributed by atoms with Gasteiger partial charge in [0.15, 0.2) is 6.29 Å². The summed E-state index contributed by atoms with van der Waals surface area (Å²) in [5.41, 5.74) is 0. The minimum atomic E-state index is -0.250. The topological polar surface area (TPSA) is 18.5 Å². The van der Waals surface area contributed by atoms with Crippen LogP contribution in [0.25, 0.3) is 0 Å². The van der Waals surface area contributed by atoms with E-state index in [0.717, 1.165) is 25.0 Å². The monoisotopic (exact) mass is 402 g/mol. The van der Waals surface area contributed by atoms with Crippen LogP contribution in [-0.2, 0) is 22.7 Å². The summed E-state index contributed by atoms with van der Waals surface area (Å²) in [5, 5.41) is 0.956. The second kappa shape index (κ2) is 10.1. The summed E-state index contributed by atoms with van der Waals surface area (Å²) < 4.78 is 10.3. The summed E-state index contributed by atoms with van der Waals surface area (Å²) in [6, 6.07) is 0. The molecule has 0 unspecified atom stereocenters. The SMILES string of the molecule is BrCCC1OCCO1.[Br][Zn][Br]. The fourth-order valence-electron chi connectivity index (χ4n) is 0.663. The van der Waals surface area contributed by atoms with Gasteiger partial charge in [0, 0.05) is 11.8 Å². The molecular formula is C5H9Br3O2Zn. The molecule has 64 valence electrons. The molecular weight excluding hydrogens is 397 g/mol. The van der Waals surface area contributed by atoms with Gasteiger partial charge in [0.25, 0.3) is 0 Å². The van der Waals surface area contributed by atoms with Crippen LogP contribution in [0.1, 0.15) is 6.42 Å². The molecule has 0 bridgehead atoms. The maximum absolute atomic E-state index is 5.14. The van der Waals surface area contributed by atoms with Crippen molar-refractivity contribution in [3.63, 3.8) is 0 Å². The molecule has 1 aliphatic rings. The molecule has 6 heteroatoms. The van der Waals surface area contributed by atoms with E-state index in [-0.39, 0.29) is 19.5 Å². The third-order valence-electron chi connectivity index (χ3n) is 1.04. The van der Waals surface area contributed by atoms with Crippen LogP contribution >= 0.6 is 43.2 Å². The predicted molar refractivity (Wildman–Crippen MR) is 52.0 cm³/mol. The number of alkyl halides is 1. The van der Waals surface area contributed by atoms with Gasteiger partial charge in [-0.15, -0.1) is 0 Å². The van der Waals surface area contributed by atoms with E-state index in [4.69, 9.17) is 9.47 Å². The first-order valence-electron chi connectivity index (χ1n) is 3.26. The molecule has 0 aliphatic carbocycles. The summed E-state index contributed by atoms with van der Waals surface area (Å²) in [6.07, 6.45) is 1.02. The van der Waals surface area contributed by atoms with E-state index in [1.54, 1.807) is 0 Å². The number of hydrogen-bond acceptors (Lipinski definition) is 2. The predicted octanol–water partition coefficient (Wildman–Crippen LogP) is 2.83. The number of halogens is 3. The van der Waals surface area contributed by atoms with Crippen molar-refractivity contribution in [3.05, 3.63) is 0 Å².